The summed E-state index contributed by atoms with van der Waals surface area (Å²) >= 11 is 0. The average Bonchev–Trinajstić information content (AvgIpc) is 2.28. The topological polar surface area (TPSA) is 50.3 Å². The first kappa shape index (κ1) is 11.1. The van der Waals surface area contributed by atoms with Crippen molar-refractivity contribution in [3.05, 3.63) is 12.3 Å². The summed E-state index contributed by atoms with van der Waals surface area (Å²) in [4.78, 5) is 10.8. The van der Waals surface area contributed by atoms with Crippen LogP contribution >= 0.6 is 0 Å². The number of anilines is 2. The van der Waals surface area contributed by atoms with Gasteiger partial charge in [-0.1, -0.05) is 0 Å². The highest BCUT2D eigenvalue weighted by atomic mass is 16.5. The van der Waals surface area contributed by atoms with Crippen molar-refractivity contribution in [3.63, 3.8) is 0 Å². The second-order valence-corrected chi connectivity index (χ2v) is 4.15. The first-order valence-corrected chi connectivity index (χ1v) is 5.60. The van der Waals surface area contributed by atoms with Crippen molar-refractivity contribution in [1.29, 1.82) is 0 Å². The van der Waals surface area contributed by atoms with Crippen molar-refractivity contribution in [2.45, 2.75) is 26.1 Å². The van der Waals surface area contributed by atoms with Crippen LogP contribution in [0.1, 0.15) is 13.8 Å². The van der Waals surface area contributed by atoms with Crippen LogP contribution in [0, 0.1) is 0 Å². The molecular formula is C11H18N4O. The van der Waals surface area contributed by atoms with Crippen LogP contribution in [0.15, 0.2) is 12.3 Å². The summed E-state index contributed by atoms with van der Waals surface area (Å²) in [5.41, 5.74) is 0. The summed E-state index contributed by atoms with van der Waals surface area (Å²) in [6, 6.07) is 1.94. The summed E-state index contributed by atoms with van der Waals surface area (Å²) < 4.78 is 5.69. The molecule has 1 fully saturated rings. The highest BCUT2D eigenvalue weighted by molar-refractivity contribution is 5.42. The zero-order valence-electron chi connectivity index (χ0n) is 9.97. The fraction of sp³-hybridized carbons (Fsp3) is 0.636. The largest absolute Gasteiger partial charge is 0.372 e. The first-order chi connectivity index (χ1) is 7.69. The fourth-order valence-electron chi connectivity index (χ4n) is 2.01. The quantitative estimate of drug-likeness (QED) is 0.813. The molecule has 2 unspecified atom stereocenters. The van der Waals surface area contributed by atoms with E-state index >= 15 is 0 Å². The van der Waals surface area contributed by atoms with Crippen LogP contribution in [0.25, 0.3) is 0 Å². The fourth-order valence-corrected chi connectivity index (χ4v) is 2.01. The number of hydrogen-bond acceptors (Lipinski definition) is 5. The molecule has 1 aliphatic rings. The maximum Gasteiger partial charge on any atom is 0.224 e. The van der Waals surface area contributed by atoms with Gasteiger partial charge >= 0.3 is 0 Å². The Balaban J connectivity index is 2.16. The van der Waals surface area contributed by atoms with Crippen molar-refractivity contribution in [2.75, 3.05) is 30.4 Å². The maximum atomic E-state index is 5.69. The van der Waals surface area contributed by atoms with E-state index in [1.807, 2.05) is 13.1 Å². The standard InChI is InChI=1S/C11H18N4O/c1-8-6-15(7-9(2)16-8)10-4-5-13-11(12-3)14-10/h4-5,8-9H,6-7H2,1-3H3,(H,12,13,14). The summed E-state index contributed by atoms with van der Waals surface area (Å²) in [5, 5.41) is 2.95. The van der Waals surface area contributed by atoms with E-state index in [9.17, 15) is 0 Å². The minimum Gasteiger partial charge on any atom is -0.372 e. The second kappa shape index (κ2) is 4.65. The predicted molar refractivity (Wildman–Crippen MR) is 63.8 cm³/mol. The van der Waals surface area contributed by atoms with E-state index < -0.39 is 0 Å². The van der Waals surface area contributed by atoms with Gasteiger partial charge in [0, 0.05) is 26.3 Å². The zero-order chi connectivity index (χ0) is 11.5. The van der Waals surface area contributed by atoms with Crippen LogP contribution in [-0.2, 0) is 4.74 Å². The van der Waals surface area contributed by atoms with E-state index in [2.05, 4.69) is 34.0 Å². The zero-order valence-corrected chi connectivity index (χ0v) is 9.97. The number of rotatable bonds is 2. The van der Waals surface area contributed by atoms with E-state index in [0.29, 0.717) is 5.95 Å². The molecule has 5 heteroatoms. The molecule has 0 saturated carbocycles. The predicted octanol–water partition coefficient (Wildman–Crippen LogP) is 1.13. The van der Waals surface area contributed by atoms with Crippen molar-refractivity contribution >= 4 is 11.8 Å². The van der Waals surface area contributed by atoms with Crippen molar-refractivity contribution in [2.24, 2.45) is 0 Å². The summed E-state index contributed by atoms with van der Waals surface area (Å²) in [6.07, 6.45) is 2.27. The Hall–Kier alpha value is -1.36. The van der Waals surface area contributed by atoms with Crippen LogP contribution < -0.4 is 10.2 Å². The highest BCUT2D eigenvalue weighted by Gasteiger charge is 2.23. The molecule has 2 rings (SSSR count). The Morgan fingerprint density at radius 1 is 1.38 bits per heavy atom. The van der Waals surface area contributed by atoms with Gasteiger partial charge in [0.1, 0.15) is 5.82 Å². The van der Waals surface area contributed by atoms with Crippen LogP contribution in [0.3, 0.4) is 0 Å². The lowest BCUT2D eigenvalue weighted by Crippen LogP contribution is -2.45. The van der Waals surface area contributed by atoms with E-state index in [4.69, 9.17) is 4.74 Å². The van der Waals surface area contributed by atoms with Gasteiger partial charge in [0.15, 0.2) is 0 Å². The Morgan fingerprint density at radius 2 is 2.06 bits per heavy atom. The number of hydrogen-bond donors (Lipinski definition) is 1. The third-order valence-corrected chi connectivity index (χ3v) is 2.61. The summed E-state index contributed by atoms with van der Waals surface area (Å²) in [5.74, 6) is 1.62. The number of morpholine rings is 1. The monoisotopic (exact) mass is 222 g/mol. The van der Waals surface area contributed by atoms with Gasteiger partial charge in [0.2, 0.25) is 5.95 Å². The van der Waals surface area contributed by atoms with Gasteiger partial charge in [0.05, 0.1) is 12.2 Å². The van der Waals surface area contributed by atoms with Gasteiger partial charge in [0.25, 0.3) is 0 Å². The molecule has 1 saturated heterocycles. The minimum atomic E-state index is 0.247. The number of ether oxygens (including phenoxy) is 1. The van der Waals surface area contributed by atoms with Crippen molar-refractivity contribution in [1.82, 2.24) is 9.97 Å². The summed E-state index contributed by atoms with van der Waals surface area (Å²) in [6.45, 7) is 5.93. The third-order valence-electron chi connectivity index (χ3n) is 2.61. The second-order valence-electron chi connectivity index (χ2n) is 4.15. The van der Waals surface area contributed by atoms with E-state index in [1.54, 1.807) is 6.20 Å². The van der Waals surface area contributed by atoms with E-state index in [1.165, 1.54) is 0 Å². The molecule has 2 heterocycles. The molecule has 0 spiro atoms. The van der Waals surface area contributed by atoms with Crippen LogP contribution in [0.2, 0.25) is 0 Å². The summed E-state index contributed by atoms with van der Waals surface area (Å²) in [7, 11) is 1.82. The van der Waals surface area contributed by atoms with E-state index in [-0.39, 0.29) is 12.2 Å². The number of nitrogens with zero attached hydrogens (tertiary/aromatic N) is 3. The third kappa shape index (κ3) is 2.41. The average molecular weight is 222 g/mol. The SMILES string of the molecule is CNc1nccc(N2CC(C)OC(C)C2)n1. The van der Waals surface area contributed by atoms with Crippen molar-refractivity contribution < 1.29 is 4.74 Å². The normalized spacial score (nSPS) is 25.6. The molecular weight excluding hydrogens is 204 g/mol. The highest BCUT2D eigenvalue weighted by Crippen LogP contribution is 2.18. The van der Waals surface area contributed by atoms with Crippen LogP contribution in [-0.4, -0.2) is 42.3 Å². The Bertz CT molecular complexity index is 348. The van der Waals surface area contributed by atoms with Gasteiger partial charge < -0.3 is 15.0 Å². The molecule has 1 N–H and O–H groups in total. The Kier molecular flexibility index (Phi) is 3.24. The van der Waals surface area contributed by atoms with Crippen LogP contribution in [0.5, 0.6) is 0 Å². The maximum absolute atomic E-state index is 5.69. The number of aromatic nitrogens is 2. The van der Waals surface area contributed by atoms with Gasteiger partial charge in [-0.2, -0.15) is 4.98 Å². The molecule has 88 valence electrons. The molecule has 5 nitrogen and oxygen atoms in total. The molecule has 0 amide bonds. The Labute approximate surface area is 95.8 Å². The molecule has 16 heavy (non-hydrogen) atoms. The molecule has 0 radical (unpaired) electrons. The van der Waals surface area contributed by atoms with Crippen molar-refractivity contribution in [3.8, 4) is 0 Å². The first-order valence-electron chi connectivity index (χ1n) is 5.60. The van der Waals surface area contributed by atoms with Gasteiger partial charge in [-0.25, -0.2) is 4.98 Å². The van der Waals surface area contributed by atoms with E-state index in [0.717, 1.165) is 18.9 Å². The van der Waals surface area contributed by atoms with Gasteiger partial charge in [-0.3, -0.25) is 0 Å². The van der Waals surface area contributed by atoms with Gasteiger partial charge in [-0.05, 0) is 19.9 Å². The Morgan fingerprint density at radius 3 is 2.69 bits per heavy atom. The number of nitrogens with one attached hydrogen (secondary N) is 1. The molecule has 1 aromatic rings. The minimum absolute atomic E-state index is 0.247. The lowest BCUT2D eigenvalue weighted by atomic mass is 10.2. The molecule has 1 aromatic heterocycles. The van der Waals surface area contributed by atoms with Gasteiger partial charge in [-0.15, -0.1) is 0 Å². The smallest absolute Gasteiger partial charge is 0.224 e. The molecule has 2 atom stereocenters. The molecule has 1 aliphatic heterocycles. The lowest BCUT2D eigenvalue weighted by Gasteiger charge is -2.36. The lowest BCUT2D eigenvalue weighted by molar-refractivity contribution is -0.00545. The molecule has 0 bridgehead atoms. The van der Waals surface area contributed by atoms with Crippen LogP contribution in [0.4, 0.5) is 11.8 Å². The molecule has 0 aliphatic carbocycles. The molecule has 0 aromatic carbocycles.